The van der Waals surface area contributed by atoms with Crippen LogP contribution in [-0.2, 0) is 9.59 Å². The van der Waals surface area contributed by atoms with E-state index in [1.54, 1.807) is 0 Å². The number of hydrogen-bond donors (Lipinski definition) is 3. The van der Waals surface area contributed by atoms with Gasteiger partial charge in [0.2, 0.25) is 5.91 Å². The van der Waals surface area contributed by atoms with Crippen molar-refractivity contribution in [2.24, 2.45) is 5.92 Å². The fraction of sp³-hybridized carbons (Fsp3) is 0.778. The van der Waals surface area contributed by atoms with Gasteiger partial charge in [-0.05, 0) is 13.8 Å². The van der Waals surface area contributed by atoms with Crippen LogP contribution in [0.1, 0.15) is 13.8 Å². The maximum atomic E-state index is 11.7. The Kier molecular flexibility index (Phi) is 5.94. The molecule has 0 bridgehead atoms. The lowest BCUT2D eigenvalue weighted by atomic mass is 10.0. The third-order valence-corrected chi connectivity index (χ3v) is 2.14. The number of halogens is 3. The lowest BCUT2D eigenvalue weighted by Crippen LogP contribution is -2.45. The Morgan fingerprint density at radius 3 is 2.24 bits per heavy atom. The first kappa shape index (κ1) is 15.7. The average molecular weight is 256 g/mol. The fourth-order valence-electron chi connectivity index (χ4n) is 0.962. The highest BCUT2D eigenvalue weighted by molar-refractivity contribution is 5.79. The van der Waals surface area contributed by atoms with Gasteiger partial charge < -0.3 is 15.7 Å². The number of carbonyl (C=O) groups is 2. The van der Waals surface area contributed by atoms with E-state index >= 15 is 0 Å². The number of nitrogens with one attached hydrogen (secondary N) is 2. The van der Waals surface area contributed by atoms with Crippen LogP contribution in [0, 0.1) is 5.92 Å². The SMILES string of the molecule is CC(NC(=O)CNCC(F)(F)F)C(C)C(=O)O. The van der Waals surface area contributed by atoms with E-state index in [4.69, 9.17) is 5.11 Å². The molecule has 0 saturated heterocycles. The lowest BCUT2D eigenvalue weighted by Gasteiger charge is -2.18. The zero-order valence-electron chi connectivity index (χ0n) is 9.47. The highest BCUT2D eigenvalue weighted by Gasteiger charge is 2.27. The molecule has 0 aliphatic heterocycles. The maximum absolute atomic E-state index is 11.7. The van der Waals surface area contributed by atoms with E-state index in [1.165, 1.54) is 13.8 Å². The minimum Gasteiger partial charge on any atom is -0.481 e. The molecule has 0 aromatic heterocycles. The summed E-state index contributed by atoms with van der Waals surface area (Å²) >= 11 is 0. The first-order valence-electron chi connectivity index (χ1n) is 4.93. The highest BCUT2D eigenvalue weighted by atomic mass is 19.4. The molecule has 0 aliphatic rings. The quantitative estimate of drug-likeness (QED) is 0.641. The largest absolute Gasteiger partial charge is 0.481 e. The van der Waals surface area contributed by atoms with Crippen LogP contribution in [0.3, 0.4) is 0 Å². The smallest absolute Gasteiger partial charge is 0.401 e. The lowest BCUT2D eigenvalue weighted by molar-refractivity contribution is -0.142. The first-order chi connectivity index (χ1) is 7.63. The van der Waals surface area contributed by atoms with Crippen molar-refractivity contribution >= 4 is 11.9 Å². The summed E-state index contributed by atoms with van der Waals surface area (Å²) in [6.45, 7) is 1.11. The van der Waals surface area contributed by atoms with Gasteiger partial charge >= 0.3 is 12.1 Å². The molecule has 0 aliphatic carbocycles. The van der Waals surface area contributed by atoms with Crippen LogP contribution in [0.2, 0.25) is 0 Å². The van der Waals surface area contributed by atoms with Gasteiger partial charge in [0.05, 0.1) is 19.0 Å². The minimum absolute atomic E-state index is 0.504. The molecule has 1 amide bonds. The molecule has 17 heavy (non-hydrogen) atoms. The van der Waals surface area contributed by atoms with E-state index < -0.39 is 43.1 Å². The number of carboxylic acid groups (broad SMARTS) is 1. The summed E-state index contributed by atoms with van der Waals surface area (Å²) in [5, 5.41) is 12.8. The van der Waals surface area contributed by atoms with Crippen molar-refractivity contribution in [2.75, 3.05) is 13.1 Å². The Hall–Kier alpha value is -1.31. The minimum atomic E-state index is -4.37. The molecular weight excluding hydrogens is 241 g/mol. The fourth-order valence-corrected chi connectivity index (χ4v) is 0.962. The summed E-state index contributed by atoms with van der Waals surface area (Å²) in [6, 6.07) is -0.646. The number of amides is 1. The van der Waals surface area contributed by atoms with E-state index in [0.717, 1.165) is 0 Å². The molecule has 0 fully saturated rings. The molecule has 0 aromatic rings. The van der Waals surface area contributed by atoms with Crippen LogP contribution in [0.5, 0.6) is 0 Å². The van der Waals surface area contributed by atoms with Crippen LogP contribution in [0.15, 0.2) is 0 Å². The van der Waals surface area contributed by atoms with E-state index in [0.29, 0.717) is 0 Å². The van der Waals surface area contributed by atoms with Crippen molar-refractivity contribution in [3.05, 3.63) is 0 Å². The monoisotopic (exact) mass is 256 g/mol. The normalized spacial score (nSPS) is 15.1. The number of carbonyl (C=O) groups excluding carboxylic acids is 1. The van der Waals surface area contributed by atoms with Gasteiger partial charge in [0.1, 0.15) is 0 Å². The van der Waals surface area contributed by atoms with Gasteiger partial charge in [0, 0.05) is 6.04 Å². The van der Waals surface area contributed by atoms with Crippen molar-refractivity contribution < 1.29 is 27.9 Å². The summed E-state index contributed by atoms with van der Waals surface area (Å²) in [6.07, 6.45) is -4.37. The molecule has 0 saturated carbocycles. The molecule has 0 radical (unpaired) electrons. The summed E-state index contributed by atoms with van der Waals surface area (Å²) in [7, 11) is 0. The molecule has 0 aromatic carbocycles. The van der Waals surface area contributed by atoms with Gasteiger partial charge in [-0.3, -0.25) is 9.59 Å². The van der Waals surface area contributed by atoms with Crippen LogP contribution < -0.4 is 10.6 Å². The Balaban J connectivity index is 3.91. The molecule has 0 spiro atoms. The molecule has 100 valence electrons. The maximum Gasteiger partial charge on any atom is 0.401 e. The van der Waals surface area contributed by atoms with Crippen LogP contribution in [-0.4, -0.2) is 42.3 Å². The van der Waals surface area contributed by atoms with Gasteiger partial charge in [0.25, 0.3) is 0 Å². The van der Waals surface area contributed by atoms with Gasteiger partial charge in [-0.2, -0.15) is 13.2 Å². The second-order valence-electron chi connectivity index (χ2n) is 3.70. The van der Waals surface area contributed by atoms with E-state index in [-0.39, 0.29) is 0 Å². The highest BCUT2D eigenvalue weighted by Crippen LogP contribution is 2.11. The first-order valence-corrected chi connectivity index (χ1v) is 4.93. The van der Waals surface area contributed by atoms with Gasteiger partial charge in [-0.15, -0.1) is 0 Å². The number of hydrogen-bond acceptors (Lipinski definition) is 3. The molecule has 2 unspecified atom stereocenters. The molecule has 8 heteroatoms. The molecular formula is C9H15F3N2O3. The van der Waals surface area contributed by atoms with Crippen LogP contribution in [0.4, 0.5) is 13.2 Å². The van der Waals surface area contributed by atoms with Crippen molar-refractivity contribution in [3.8, 4) is 0 Å². The van der Waals surface area contributed by atoms with Crippen LogP contribution >= 0.6 is 0 Å². The van der Waals surface area contributed by atoms with Crippen molar-refractivity contribution in [2.45, 2.75) is 26.1 Å². The molecule has 3 N–H and O–H groups in total. The molecule has 5 nitrogen and oxygen atoms in total. The summed E-state index contributed by atoms with van der Waals surface area (Å²) in [4.78, 5) is 21.7. The van der Waals surface area contributed by atoms with E-state index in [9.17, 15) is 22.8 Å². The summed E-state index contributed by atoms with van der Waals surface area (Å²) in [5.41, 5.74) is 0. The number of carboxylic acids is 1. The number of rotatable bonds is 6. The van der Waals surface area contributed by atoms with E-state index in [2.05, 4.69) is 5.32 Å². The summed E-state index contributed by atoms with van der Waals surface area (Å²) in [5.74, 6) is -2.56. The third kappa shape index (κ3) is 7.56. The van der Waals surface area contributed by atoms with E-state index in [1.807, 2.05) is 5.32 Å². The number of alkyl halides is 3. The topological polar surface area (TPSA) is 78.4 Å². The van der Waals surface area contributed by atoms with Gasteiger partial charge in [-0.1, -0.05) is 0 Å². The van der Waals surface area contributed by atoms with Crippen molar-refractivity contribution in [1.29, 1.82) is 0 Å². The molecule has 0 rings (SSSR count). The Labute approximate surface area is 96.4 Å². The zero-order chi connectivity index (χ0) is 13.6. The second-order valence-corrected chi connectivity index (χ2v) is 3.70. The van der Waals surface area contributed by atoms with Gasteiger partial charge in [-0.25, -0.2) is 0 Å². The Morgan fingerprint density at radius 2 is 1.82 bits per heavy atom. The van der Waals surface area contributed by atoms with Crippen LogP contribution in [0.25, 0.3) is 0 Å². The predicted octanol–water partition coefficient (Wildman–Crippen LogP) is 0.364. The second kappa shape index (κ2) is 6.43. The average Bonchev–Trinajstić information content (AvgIpc) is 2.13. The van der Waals surface area contributed by atoms with Crippen molar-refractivity contribution in [3.63, 3.8) is 0 Å². The zero-order valence-corrected chi connectivity index (χ0v) is 9.47. The van der Waals surface area contributed by atoms with Gasteiger partial charge in [0.15, 0.2) is 0 Å². The standard InChI is InChI=1S/C9H15F3N2O3/c1-5(8(16)17)6(2)14-7(15)3-13-4-9(10,11)12/h5-6,13H,3-4H2,1-2H3,(H,14,15)(H,16,17). The Bertz CT molecular complexity index is 281. The van der Waals surface area contributed by atoms with Crippen molar-refractivity contribution in [1.82, 2.24) is 10.6 Å². The molecule has 0 heterocycles. The summed E-state index contributed by atoms with van der Waals surface area (Å²) < 4.78 is 35.2. The third-order valence-electron chi connectivity index (χ3n) is 2.14. The number of aliphatic carboxylic acids is 1. The predicted molar refractivity (Wildman–Crippen MR) is 53.3 cm³/mol. The Morgan fingerprint density at radius 1 is 1.29 bits per heavy atom. The molecule has 2 atom stereocenters.